The van der Waals surface area contributed by atoms with Gasteiger partial charge >= 0.3 is 5.97 Å². The standard InChI is InChI=1S/C39H54O3/c1-4-5-6-8-30-10-12-32(13-11-30)34-18-20-36(21-19-34)38-24-22-37(23-25-38)35-16-14-33(15-17-35)31(26-27-40)9-7-28-42-39(41)29(2)3/h4-5,18-25,30-33,35,40H,2,6-17,26-28H2,1,3H3/b5-4+. The van der Waals surface area contributed by atoms with E-state index in [1.54, 1.807) is 6.92 Å². The van der Waals surface area contributed by atoms with Crippen molar-refractivity contribution in [2.75, 3.05) is 13.2 Å². The SMILES string of the molecule is C=C(C)C(=O)OCCCC(CCO)C1CCC(c2ccc(-c3ccc(C4CCC(CC/C=C/C)CC4)cc3)cc2)CC1. The summed E-state index contributed by atoms with van der Waals surface area (Å²) in [6, 6.07) is 18.7. The van der Waals surface area contributed by atoms with Gasteiger partial charge in [-0.15, -0.1) is 0 Å². The van der Waals surface area contributed by atoms with Gasteiger partial charge in [-0.05, 0) is 149 Å². The Labute approximate surface area is 255 Å². The van der Waals surface area contributed by atoms with Crippen LogP contribution in [0.1, 0.15) is 120 Å². The summed E-state index contributed by atoms with van der Waals surface area (Å²) in [5.74, 6) is 3.11. The van der Waals surface area contributed by atoms with Crippen molar-refractivity contribution in [2.24, 2.45) is 17.8 Å². The van der Waals surface area contributed by atoms with Gasteiger partial charge in [-0.3, -0.25) is 0 Å². The highest BCUT2D eigenvalue weighted by Crippen LogP contribution is 2.42. The molecule has 0 spiro atoms. The number of aliphatic hydroxyl groups excluding tert-OH is 1. The minimum absolute atomic E-state index is 0.233. The molecular formula is C39H54O3. The van der Waals surface area contributed by atoms with Crippen LogP contribution in [0.3, 0.4) is 0 Å². The van der Waals surface area contributed by atoms with E-state index in [-0.39, 0.29) is 12.6 Å². The van der Waals surface area contributed by atoms with Gasteiger partial charge in [0.2, 0.25) is 0 Å². The van der Waals surface area contributed by atoms with E-state index in [1.165, 1.54) is 86.5 Å². The van der Waals surface area contributed by atoms with Crippen LogP contribution in [0.4, 0.5) is 0 Å². The zero-order chi connectivity index (χ0) is 29.7. The van der Waals surface area contributed by atoms with Crippen LogP contribution in [0.15, 0.2) is 72.8 Å². The number of hydrogen-bond donors (Lipinski definition) is 1. The van der Waals surface area contributed by atoms with Crippen molar-refractivity contribution in [1.82, 2.24) is 0 Å². The fraction of sp³-hybridized carbons (Fsp3) is 0.564. The number of rotatable bonds is 14. The molecule has 2 aromatic carbocycles. The molecule has 42 heavy (non-hydrogen) atoms. The monoisotopic (exact) mass is 570 g/mol. The minimum atomic E-state index is -0.305. The third-order valence-electron chi connectivity index (χ3n) is 10.2. The van der Waals surface area contributed by atoms with Crippen LogP contribution >= 0.6 is 0 Å². The molecule has 4 rings (SSSR count). The van der Waals surface area contributed by atoms with Gasteiger partial charge in [-0.2, -0.15) is 0 Å². The molecule has 228 valence electrons. The van der Waals surface area contributed by atoms with E-state index in [1.807, 2.05) is 0 Å². The lowest BCUT2D eigenvalue weighted by atomic mass is 9.72. The fourth-order valence-electron chi connectivity index (χ4n) is 7.52. The lowest BCUT2D eigenvalue weighted by Gasteiger charge is -2.34. The van der Waals surface area contributed by atoms with Crippen molar-refractivity contribution >= 4 is 5.97 Å². The molecule has 0 saturated heterocycles. The molecule has 1 unspecified atom stereocenters. The molecule has 1 atom stereocenters. The Morgan fingerprint density at radius 2 is 1.43 bits per heavy atom. The Morgan fingerprint density at radius 1 is 0.881 bits per heavy atom. The Kier molecular flexibility index (Phi) is 12.9. The molecule has 2 saturated carbocycles. The highest BCUT2D eigenvalue weighted by atomic mass is 16.5. The molecule has 2 fully saturated rings. The number of aliphatic hydroxyl groups is 1. The third kappa shape index (κ3) is 9.43. The molecule has 0 aromatic heterocycles. The largest absolute Gasteiger partial charge is 0.462 e. The summed E-state index contributed by atoms with van der Waals surface area (Å²) in [5.41, 5.74) is 6.05. The summed E-state index contributed by atoms with van der Waals surface area (Å²) in [7, 11) is 0. The Morgan fingerprint density at radius 3 is 1.93 bits per heavy atom. The van der Waals surface area contributed by atoms with Crippen molar-refractivity contribution in [2.45, 2.75) is 109 Å². The Hall–Kier alpha value is -2.65. The van der Waals surface area contributed by atoms with E-state index in [9.17, 15) is 9.90 Å². The molecule has 0 amide bonds. The van der Waals surface area contributed by atoms with E-state index in [0.29, 0.717) is 29.9 Å². The summed E-state index contributed by atoms with van der Waals surface area (Å²) < 4.78 is 5.28. The summed E-state index contributed by atoms with van der Waals surface area (Å²) in [5, 5.41) is 9.66. The second-order valence-corrected chi connectivity index (χ2v) is 13.1. The highest BCUT2D eigenvalue weighted by Gasteiger charge is 2.28. The maximum Gasteiger partial charge on any atom is 0.333 e. The maximum absolute atomic E-state index is 11.6. The molecule has 0 radical (unpaired) electrons. The quantitative estimate of drug-likeness (QED) is 0.106. The second kappa shape index (κ2) is 16.8. The zero-order valence-electron chi connectivity index (χ0n) is 26.2. The smallest absolute Gasteiger partial charge is 0.333 e. The van der Waals surface area contributed by atoms with Gasteiger partial charge < -0.3 is 9.84 Å². The van der Waals surface area contributed by atoms with E-state index < -0.39 is 0 Å². The molecule has 2 aromatic rings. The molecule has 2 aliphatic carbocycles. The van der Waals surface area contributed by atoms with Crippen LogP contribution < -0.4 is 0 Å². The van der Waals surface area contributed by atoms with E-state index in [0.717, 1.165) is 31.1 Å². The first-order valence-electron chi connectivity index (χ1n) is 16.7. The third-order valence-corrected chi connectivity index (χ3v) is 10.2. The van der Waals surface area contributed by atoms with E-state index >= 15 is 0 Å². The number of benzene rings is 2. The van der Waals surface area contributed by atoms with Crippen LogP contribution in [0.5, 0.6) is 0 Å². The lowest BCUT2D eigenvalue weighted by Crippen LogP contribution is -2.22. The molecule has 1 N–H and O–H groups in total. The molecular weight excluding hydrogens is 516 g/mol. The molecule has 2 aliphatic rings. The number of esters is 1. The number of carbonyl (C=O) groups excluding carboxylic acids is 1. The summed E-state index contributed by atoms with van der Waals surface area (Å²) in [4.78, 5) is 11.6. The molecule has 3 nitrogen and oxygen atoms in total. The number of allylic oxidation sites excluding steroid dienone is 2. The average molecular weight is 571 g/mol. The first kappa shape index (κ1) is 32.3. The second-order valence-electron chi connectivity index (χ2n) is 13.1. The van der Waals surface area contributed by atoms with Gasteiger partial charge in [0.1, 0.15) is 0 Å². The van der Waals surface area contributed by atoms with Gasteiger partial charge in [0.15, 0.2) is 0 Å². The van der Waals surface area contributed by atoms with Crippen LogP contribution in [0, 0.1) is 17.8 Å². The molecule has 3 heteroatoms. The number of carbonyl (C=O) groups is 1. The summed E-state index contributed by atoms with van der Waals surface area (Å²) in [6.45, 7) is 8.12. The number of hydrogen-bond acceptors (Lipinski definition) is 3. The van der Waals surface area contributed by atoms with E-state index in [4.69, 9.17) is 4.74 Å². The fourth-order valence-corrected chi connectivity index (χ4v) is 7.52. The molecule has 0 aliphatic heterocycles. The van der Waals surface area contributed by atoms with E-state index in [2.05, 4.69) is 74.2 Å². The van der Waals surface area contributed by atoms with Gasteiger partial charge in [0.05, 0.1) is 6.61 Å². The summed E-state index contributed by atoms with van der Waals surface area (Å²) in [6.07, 6.45) is 20.1. The molecule has 0 bridgehead atoms. The van der Waals surface area contributed by atoms with Gasteiger partial charge in [0, 0.05) is 12.2 Å². The van der Waals surface area contributed by atoms with Crippen molar-refractivity contribution in [1.29, 1.82) is 0 Å². The topological polar surface area (TPSA) is 46.5 Å². The van der Waals surface area contributed by atoms with Crippen LogP contribution in [0.2, 0.25) is 0 Å². The molecule has 0 heterocycles. The van der Waals surface area contributed by atoms with Crippen LogP contribution in [0.25, 0.3) is 11.1 Å². The predicted molar refractivity (Wildman–Crippen MR) is 176 cm³/mol. The number of ether oxygens (including phenoxy) is 1. The predicted octanol–water partition coefficient (Wildman–Crippen LogP) is 10.2. The maximum atomic E-state index is 11.6. The Bertz CT molecular complexity index is 1110. The lowest BCUT2D eigenvalue weighted by molar-refractivity contribution is -0.139. The highest BCUT2D eigenvalue weighted by molar-refractivity contribution is 5.86. The first-order chi connectivity index (χ1) is 20.5. The zero-order valence-corrected chi connectivity index (χ0v) is 26.2. The van der Waals surface area contributed by atoms with Crippen molar-refractivity contribution in [3.63, 3.8) is 0 Å². The van der Waals surface area contributed by atoms with Crippen LogP contribution in [-0.2, 0) is 9.53 Å². The van der Waals surface area contributed by atoms with Gasteiger partial charge in [-0.25, -0.2) is 4.79 Å². The van der Waals surface area contributed by atoms with Gasteiger partial charge in [-0.1, -0.05) is 67.3 Å². The first-order valence-corrected chi connectivity index (χ1v) is 16.7. The van der Waals surface area contributed by atoms with Crippen LogP contribution in [-0.4, -0.2) is 24.3 Å². The van der Waals surface area contributed by atoms with Crippen molar-refractivity contribution in [3.05, 3.63) is 84.0 Å². The average Bonchev–Trinajstić information content (AvgIpc) is 3.03. The minimum Gasteiger partial charge on any atom is -0.462 e. The summed E-state index contributed by atoms with van der Waals surface area (Å²) >= 11 is 0. The van der Waals surface area contributed by atoms with Crippen molar-refractivity contribution < 1.29 is 14.6 Å². The normalized spacial score (nSPS) is 23.5. The van der Waals surface area contributed by atoms with Gasteiger partial charge in [0.25, 0.3) is 0 Å². The Balaban J connectivity index is 1.23. The van der Waals surface area contributed by atoms with Crippen molar-refractivity contribution in [3.8, 4) is 11.1 Å².